The second-order valence-electron chi connectivity index (χ2n) is 5.08. The van der Waals surface area contributed by atoms with Crippen LogP contribution in [-0.4, -0.2) is 29.7 Å². The molecule has 1 aromatic rings. The molecule has 1 atom stereocenters. The van der Waals surface area contributed by atoms with Crippen molar-refractivity contribution in [3.8, 4) is 5.75 Å². The number of allylic oxidation sites excluding steroid dienone is 2. The number of carbonyl (C=O) groups excluding carboxylic acids is 1. The molecular weight excluding hydrogens is 285 g/mol. The fraction of sp³-hybridized carbons (Fsp3) is 0.125. The summed E-state index contributed by atoms with van der Waals surface area (Å²) in [7, 11) is 1.46. The maximum absolute atomic E-state index is 14.2. The largest absolute Gasteiger partial charge is 0.497 e. The number of halogens is 1. The van der Waals surface area contributed by atoms with Crippen molar-refractivity contribution in [3.63, 3.8) is 0 Å². The summed E-state index contributed by atoms with van der Waals surface area (Å²) in [6, 6.07) is 4.17. The predicted molar refractivity (Wildman–Crippen MR) is 78.6 cm³/mol. The molecule has 0 spiro atoms. The van der Waals surface area contributed by atoms with E-state index in [1.165, 1.54) is 19.2 Å². The number of benzene rings is 1. The minimum Gasteiger partial charge on any atom is -0.497 e. The van der Waals surface area contributed by atoms with E-state index in [2.05, 4.69) is 10.3 Å². The summed E-state index contributed by atoms with van der Waals surface area (Å²) in [5.74, 6) is 0.0515. The van der Waals surface area contributed by atoms with Crippen LogP contribution in [0.3, 0.4) is 0 Å². The predicted octanol–water partition coefficient (Wildman–Crippen LogP) is 1.69. The zero-order valence-corrected chi connectivity index (χ0v) is 11.7. The zero-order valence-electron chi connectivity index (χ0n) is 11.7. The molecule has 5 nitrogen and oxygen atoms in total. The Morgan fingerprint density at radius 2 is 2.27 bits per heavy atom. The molecule has 2 aliphatic heterocycles. The molecule has 1 aliphatic carbocycles. The Morgan fingerprint density at radius 1 is 1.41 bits per heavy atom. The first-order valence-corrected chi connectivity index (χ1v) is 6.80. The van der Waals surface area contributed by atoms with E-state index in [9.17, 15) is 9.18 Å². The van der Waals surface area contributed by atoms with Gasteiger partial charge < -0.3 is 10.1 Å². The fourth-order valence-electron chi connectivity index (χ4n) is 2.77. The number of rotatable bonds is 2. The van der Waals surface area contributed by atoms with E-state index >= 15 is 0 Å². The number of methoxy groups -OCH3 is 1. The van der Waals surface area contributed by atoms with Crippen LogP contribution in [0.25, 0.3) is 0 Å². The molecule has 6 heteroatoms. The van der Waals surface area contributed by atoms with E-state index in [1.807, 2.05) is 18.2 Å². The maximum Gasteiger partial charge on any atom is 0.279 e. The highest BCUT2D eigenvalue weighted by atomic mass is 19.1. The molecule has 0 saturated carbocycles. The van der Waals surface area contributed by atoms with Crippen LogP contribution in [0.5, 0.6) is 5.75 Å². The summed E-state index contributed by atoms with van der Waals surface area (Å²) < 4.78 is 19.2. The van der Waals surface area contributed by atoms with Gasteiger partial charge in [0, 0.05) is 23.5 Å². The minimum atomic E-state index is -0.530. The standard InChI is InChI=1S/C16H12FN3O2/c1-22-9-5-6-10(11(17)7-9)15-16(21)20-13-4-2-3-12(13)18-8-14(20)19-15/h2-8,13,18H,1H3. The van der Waals surface area contributed by atoms with Crippen molar-refractivity contribution in [3.05, 3.63) is 65.5 Å². The topological polar surface area (TPSA) is 53.9 Å². The van der Waals surface area contributed by atoms with Crippen LogP contribution in [-0.2, 0) is 4.79 Å². The third-order valence-electron chi connectivity index (χ3n) is 3.86. The van der Waals surface area contributed by atoms with Gasteiger partial charge in [-0.15, -0.1) is 0 Å². The van der Waals surface area contributed by atoms with Crippen molar-refractivity contribution in [1.82, 2.24) is 10.2 Å². The summed E-state index contributed by atoms with van der Waals surface area (Å²) in [6.07, 6.45) is 7.33. The van der Waals surface area contributed by atoms with Gasteiger partial charge in [-0.3, -0.25) is 9.69 Å². The molecule has 22 heavy (non-hydrogen) atoms. The van der Waals surface area contributed by atoms with E-state index in [-0.39, 0.29) is 23.2 Å². The first-order chi connectivity index (χ1) is 10.7. The Balaban J connectivity index is 1.75. The number of hydrogen-bond acceptors (Lipinski definition) is 4. The van der Waals surface area contributed by atoms with Crippen LogP contribution >= 0.6 is 0 Å². The lowest BCUT2D eigenvalue weighted by Gasteiger charge is -2.29. The summed E-state index contributed by atoms with van der Waals surface area (Å²) in [6.45, 7) is 0. The molecule has 0 fully saturated rings. The number of nitrogens with one attached hydrogen (secondary N) is 1. The van der Waals surface area contributed by atoms with Gasteiger partial charge in [0.25, 0.3) is 5.91 Å². The average Bonchev–Trinajstić information content (AvgIpc) is 3.11. The van der Waals surface area contributed by atoms with Crippen molar-refractivity contribution >= 4 is 11.6 Å². The zero-order chi connectivity index (χ0) is 15.3. The molecule has 1 aromatic carbocycles. The van der Waals surface area contributed by atoms with E-state index in [1.54, 1.807) is 17.2 Å². The molecule has 4 rings (SSSR count). The summed E-state index contributed by atoms with van der Waals surface area (Å²) >= 11 is 0. The number of nitrogens with zero attached hydrogens (tertiary/aromatic N) is 2. The van der Waals surface area contributed by atoms with Gasteiger partial charge in [-0.05, 0) is 18.2 Å². The lowest BCUT2D eigenvalue weighted by molar-refractivity contribution is -0.122. The van der Waals surface area contributed by atoms with Gasteiger partial charge in [0.2, 0.25) is 0 Å². The second-order valence-corrected chi connectivity index (χ2v) is 5.08. The molecule has 1 unspecified atom stereocenters. The number of aliphatic imine (C=N–C) groups is 1. The number of carbonyl (C=O) groups is 1. The van der Waals surface area contributed by atoms with Crippen molar-refractivity contribution in [1.29, 1.82) is 0 Å². The highest BCUT2D eigenvalue weighted by Gasteiger charge is 2.40. The number of ether oxygens (including phenoxy) is 1. The quantitative estimate of drug-likeness (QED) is 0.904. The number of hydrogen-bond donors (Lipinski definition) is 1. The van der Waals surface area contributed by atoms with Crippen LogP contribution in [0.1, 0.15) is 5.56 Å². The molecule has 0 radical (unpaired) electrons. The first kappa shape index (κ1) is 12.8. The summed E-state index contributed by atoms with van der Waals surface area (Å²) in [5.41, 5.74) is 1.19. The van der Waals surface area contributed by atoms with Gasteiger partial charge in [-0.25, -0.2) is 9.38 Å². The van der Waals surface area contributed by atoms with E-state index in [0.717, 1.165) is 5.70 Å². The van der Waals surface area contributed by atoms with Crippen molar-refractivity contribution in [2.24, 2.45) is 4.99 Å². The lowest BCUT2D eigenvalue weighted by atomic mass is 10.1. The van der Waals surface area contributed by atoms with Crippen molar-refractivity contribution < 1.29 is 13.9 Å². The Morgan fingerprint density at radius 3 is 3.05 bits per heavy atom. The number of amides is 1. The van der Waals surface area contributed by atoms with E-state index in [4.69, 9.17) is 4.74 Å². The molecule has 0 bridgehead atoms. The molecule has 3 aliphatic rings. The molecule has 2 heterocycles. The Labute approximate surface area is 126 Å². The highest BCUT2D eigenvalue weighted by Crippen LogP contribution is 2.31. The smallest absolute Gasteiger partial charge is 0.279 e. The Bertz CT molecular complexity index is 808. The monoisotopic (exact) mass is 297 g/mol. The van der Waals surface area contributed by atoms with Crippen LogP contribution < -0.4 is 10.1 Å². The normalized spacial score (nSPS) is 21.7. The van der Waals surface area contributed by atoms with Crippen molar-refractivity contribution in [2.75, 3.05) is 7.11 Å². The van der Waals surface area contributed by atoms with Gasteiger partial charge in [0.1, 0.15) is 17.3 Å². The molecule has 1 amide bonds. The van der Waals surface area contributed by atoms with Crippen LogP contribution in [0, 0.1) is 5.82 Å². The Kier molecular flexibility index (Phi) is 2.66. The third-order valence-corrected chi connectivity index (χ3v) is 3.86. The minimum absolute atomic E-state index is 0.106. The SMILES string of the molecule is COc1ccc(C2=NC3=CNC4=CC=CC4N3C2=O)c(F)c1. The summed E-state index contributed by atoms with van der Waals surface area (Å²) in [5, 5.41) is 3.10. The van der Waals surface area contributed by atoms with Gasteiger partial charge in [-0.1, -0.05) is 12.2 Å². The average molecular weight is 297 g/mol. The molecule has 0 aromatic heterocycles. The van der Waals surface area contributed by atoms with E-state index in [0.29, 0.717) is 11.6 Å². The van der Waals surface area contributed by atoms with Gasteiger partial charge in [-0.2, -0.15) is 0 Å². The van der Waals surface area contributed by atoms with Crippen LogP contribution in [0.15, 0.2) is 59.1 Å². The molecule has 1 N–H and O–H groups in total. The van der Waals surface area contributed by atoms with Crippen LogP contribution in [0.2, 0.25) is 0 Å². The van der Waals surface area contributed by atoms with Gasteiger partial charge >= 0.3 is 0 Å². The molecular formula is C16H12FN3O2. The highest BCUT2D eigenvalue weighted by molar-refractivity contribution is 6.47. The van der Waals surface area contributed by atoms with Crippen LogP contribution in [0.4, 0.5) is 4.39 Å². The molecule has 0 saturated heterocycles. The first-order valence-electron chi connectivity index (χ1n) is 6.80. The van der Waals surface area contributed by atoms with Crippen molar-refractivity contribution in [2.45, 2.75) is 6.04 Å². The van der Waals surface area contributed by atoms with Gasteiger partial charge in [0.05, 0.1) is 13.2 Å². The fourth-order valence-corrected chi connectivity index (χ4v) is 2.77. The molecule has 110 valence electrons. The lowest BCUT2D eigenvalue weighted by Crippen LogP contribution is -2.43. The third kappa shape index (κ3) is 1.70. The maximum atomic E-state index is 14.2. The van der Waals surface area contributed by atoms with Gasteiger partial charge in [0.15, 0.2) is 5.82 Å². The summed E-state index contributed by atoms with van der Waals surface area (Å²) in [4.78, 5) is 18.5. The second kappa shape index (κ2) is 4.56. The number of fused-ring (bicyclic) bond motifs is 3. The Hall–Kier alpha value is -2.89. The van der Waals surface area contributed by atoms with E-state index < -0.39 is 5.82 Å².